The van der Waals surface area contributed by atoms with E-state index in [9.17, 15) is 13.2 Å². The van der Waals surface area contributed by atoms with Crippen LogP contribution >= 0.6 is 11.8 Å². The Hall–Kier alpha value is -1.09. The van der Waals surface area contributed by atoms with Crippen molar-refractivity contribution in [3.8, 4) is 0 Å². The van der Waals surface area contributed by atoms with Gasteiger partial charge in [0.2, 0.25) is 15.9 Å². The molecule has 0 saturated carbocycles. The number of rotatable bonds is 4. The van der Waals surface area contributed by atoms with Gasteiger partial charge in [0.15, 0.2) is 0 Å². The average Bonchev–Trinajstić information content (AvgIpc) is 3.11. The highest BCUT2D eigenvalue weighted by Gasteiger charge is 2.32. The first-order valence-electron chi connectivity index (χ1n) is 8.09. The molecule has 1 aromatic carbocycles. The number of hydrogen-bond acceptors (Lipinski definition) is 5. The molecule has 2 fully saturated rings. The molecule has 8 heteroatoms. The maximum Gasteiger partial charge on any atom is 0.240 e. The quantitative estimate of drug-likeness (QED) is 0.843. The van der Waals surface area contributed by atoms with E-state index in [1.165, 1.54) is 4.31 Å². The van der Waals surface area contributed by atoms with Crippen molar-refractivity contribution in [3.63, 3.8) is 0 Å². The molecule has 6 nitrogen and oxygen atoms in total. The van der Waals surface area contributed by atoms with Crippen LogP contribution < -0.4 is 5.32 Å². The molecular weight excluding hydrogens is 346 g/mol. The second kappa shape index (κ2) is 7.43. The van der Waals surface area contributed by atoms with Gasteiger partial charge in [0.05, 0.1) is 11.8 Å². The smallest absolute Gasteiger partial charge is 0.240 e. The first-order chi connectivity index (χ1) is 11.5. The number of aryl methyl sites for hydroxylation is 1. The molecule has 1 unspecified atom stereocenters. The predicted octanol–water partition coefficient (Wildman–Crippen LogP) is 0.632. The molecule has 0 bridgehead atoms. The monoisotopic (exact) mass is 369 g/mol. The summed E-state index contributed by atoms with van der Waals surface area (Å²) in [6, 6.07) is 7.44. The molecule has 1 amide bonds. The second-order valence-corrected chi connectivity index (χ2v) is 9.24. The number of carbonyl (C=O) groups excluding carboxylic acids is 1. The summed E-state index contributed by atoms with van der Waals surface area (Å²) >= 11 is 1.72. The normalized spacial score (nSPS) is 22.7. The van der Waals surface area contributed by atoms with Crippen LogP contribution in [0.4, 0.5) is 0 Å². The van der Waals surface area contributed by atoms with E-state index in [2.05, 4.69) is 5.32 Å². The summed E-state index contributed by atoms with van der Waals surface area (Å²) < 4.78 is 26.7. The number of amides is 1. The zero-order chi connectivity index (χ0) is 17.2. The van der Waals surface area contributed by atoms with Crippen molar-refractivity contribution >= 4 is 27.7 Å². The van der Waals surface area contributed by atoms with Crippen LogP contribution in [0.5, 0.6) is 0 Å². The molecule has 0 aromatic heterocycles. The fourth-order valence-corrected chi connectivity index (χ4v) is 5.40. The molecule has 3 rings (SSSR count). The number of benzene rings is 1. The molecular formula is C16H23N3O3S2. The summed E-state index contributed by atoms with van der Waals surface area (Å²) in [5, 5.41) is 3.17. The lowest BCUT2D eigenvalue weighted by Crippen LogP contribution is -2.54. The van der Waals surface area contributed by atoms with Crippen LogP contribution in [0, 0.1) is 6.92 Å². The maximum absolute atomic E-state index is 12.6. The largest absolute Gasteiger partial charge is 0.339 e. The first-order valence-corrected chi connectivity index (χ1v) is 10.9. The highest BCUT2D eigenvalue weighted by atomic mass is 32.2. The lowest BCUT2D eigenvalue weighted by Gasteiger charge is -2.35. The van der Waals surface area contributed by atoms with Gasteiger partial charge in [-0.25, -0.2) is 8.42 Å². The molecule has 1 aromatic rings. The van der Waals surface area contributed by atoms with Crippen LogP contribution in [0.2, 0.25) is 0 Å². The number of piperazine rings is 1. The van der Waals surface area contributed by atoms with Crippen LogP contribution in [0.25, 0.3) is 0 Å². The Morgan fingerprint density at radius 1 is 1.21 bits per heavy atom. The van der Waals surface area contributed by atoms with Gasteiger partial charge < -0.3 is 4.90 Å². The van der Waals surface area contributed by atoms with Crippen molar-refractivity contribution in [2.24, 2.45) is 0 Å². The van der Waals surface area contributed by atoms with Crippen LogP contribution in [-0.2, 0) is 20.6 Å². The summed E-state index contributed by atoms with van der Waals surface area (Å²) in [6.07, 6.45) is 0. The summed E-state index contributed by atoms with van der Waals surface area (Å²) in [5.41, 5.74) is 1.91. The minimum Gasteiger partial charge on any atom is -0.339 e. The first kappa shape index (κ1) is 17.7. The number of hydrogen-bond donors (Lipinski definition) is 1. The standard InChI is InChI=1S/C16H23N3O3S2/c1-13-2-4-14(5-3-13)11-24(21,22)19-8-6-18(7-9-19)16(20)15-10-23-12-17-15/h2-5,15,17H,6-12H2,1H3. The van der Waals surface area contributed by atoms with E-state index in [4.69, 9.17) is 0 Å². The topological polar surface area (TPSA) is 69.7 Å². The van der Waals surface area contributed by atoms with Crippen molar-refractivity contribution < 1.29 is 13.2 Å². The van der Waals surface area contributed by atoms with Gasteiger partial charge in [0, 0.05) is 37.8 Å². The SMILES string of the molecule is Cc1ccc(CS(=O)(=O)N2CCN(C(=O)C3CSCN3)CC2)cc1. The molecule has 2 saturated heterocycles. The van der Waals surface area contributed by atoms with Gasteiger partial charge in [0.1, 0.15) is 0 Å². The van der Waals surface area contributed by atoms with Crippen LogP contribution in [0.15, 0.2) is 24.3 Å². The van der Waals surface area contributed by atoms with Crippen molar-refractivity contribution in [2.75, 3.05) is 37.8 Å². The van der Waals surface area contributed by atoms with E-state index >= 15 is 0 Å². The van der Waals surface area contributed by atoms with Crippen molar-refractivity contribution in [1.29, 1.82) is 0 Å². The molecule has 24 heavy (non-hydrogen) atoms. The maximum atomic E-state index is 12.6. The molecule has 0 spiro atoms. The highest BCUT2D eigenvalue weighted by molar-refractivity contribution is 7.99. The molecule has 2 heterocycles. The molecule has 0 aliphatic carbocycles. The van der Waals surface area contributed by atoms with Crippen LogP contribution in [-0.4, -0.2) is 67.4 Å². The Morgan fingerprint density at radius 2 is 1.88 bits per heavy atom. The lowest BCUT2D eigenvalue weighted by molar-refractivity contribution is -0.133. The van der Waals surface area contributed by atoms with Crippen molar-refractivity contribution in [2.45, 2.75) is 18.7 Å². The Kier molecular flexibility index (Phi) is 5.49. The predicted molar refractivity (Wildman–Crippen MR) is 96.2 cm³/mol. The zero-order valence-electron chi connectivity index (χ0n) is 13.8. The van der Waals surface area contributed by atoms with Crippen LogP contribution in [0.3, 0.4) is 0 Å². The fraction of sp³-hybridized carbons (Fsp3) is 0.562. The fourth-order valence-electron chi connectivity index (χ4n) is 2.95. The van der Waals surface area contributed by atoms with Crippen molar-refractivity contribution in [1.82, 2.24) is 14.5 Å². The van der Waals surface area contributed by atoms with Gasteiger partial charge in [-0.2, -0.15) is 4.31 Å². The summed E-state index contributed by atoms with van der Waals surface area (Å²) in [5.74, 6) is 1.71. The Morgan fingerprint density at radius 3 is 2.46 bits per heavy atom. The van der Waals surface area contributed by atoms with Crippen LogP contribution in [0.1, 0.15) is 11.1 Å². The number of sulfonamides is 1. The van der Waals surface area contributed by atoms with E-state index in [1.54, 1.807) is 16.7 Å². The summed E-state index contributed by atoms with van der Waals surface area (Å²) in [7, 11) is -3.34. The number of nitrogens with zero attached hydrogens (tertiary/aromatic N) is 2. The van der Waals surface area contributed by atoms with Gasteiger partial charge >= 0.3 is 0 Å². The molecule has 132 valence electrons. The summed E-state index contributed by atoms with van der Waals surface area (Å²) in [6.45, 7) is 3.66. The minimum absolute atomic E-state index is 0.0159. The van der Waals surface area contributed by atoms with E-state index in [0.717, 1.165) is 22.8 Å². The van der Waals surface area contributed by atoms with Gasteiger partial charge in [-0.15, -0.1) is 11.8 Å². The van der Waals surface area contributed by atoms with E-state index in [0.29, 0.717) is 26.2 Å². The highest BCUT2D eigenvalue weighted by Crippen LogP contribution is 2.17. The zero-order valence-corrected chi connectivity index (χ0v) is 15.4. The summed E-state index contributed by atoms with van der Waals surface area (Å²) in [4.78, 5) is 14.1. The van der Waals surface area contributed by atoms with E-state index < -0.39 is 10.0 Å². The third kappa shape index (κ3) is 4.11. The third-order valence-corrected chi connectivity index (χ3v) is 7.22. The van der Waals surface area contributed by atoms with E-state index in [-0.39, 0.29) is 17.7 Å². The Bertz CT molecular complexity index is 677. The number of carbonyl (C=O) groups is 1. The van der Waals surface area contributed by atoms with Gasteiger partial charge in [0.25, 0.3) is 0 Å². The Labute approximate surface area is 147 Å². The minimum atomic E-state index is -3.34. The van der Waals surface area contributed by atoms with Crippen molar-refractivity contribution in [3.05, 3.63) is 35.4 Å². The Balaban J connectivity index is 1.56. The second-order valence-electron chi connectivity index (χ2n) is 6.24. The molecule has 2 aliphatic rings. The lowest BCUT2D eigenvalue weighted by atomic mass is 10.2. The third-order valence-electron chi connectivity index (χ3n) is 4.43. The molecule has 0 radical (unpaired) electrons. The molecule has 2 aliphatic heterocycles. The van der Waals surface area contributed by atoms with Gasteiger partial charge in [-0.3, -0.25) is 10.1 Å². The van der Waals surface area contributed by atoms with E-state index in [1.807, 2.05) is 31.2 Å². The number of nitrogens with one attached hydrogen (secondary N) is 1. The number of thioether (sulfide) groups is 1. The molecule has 1 N–H and O–H groups in total. The van der Waals surface area contributed by atoms with Gasteiger partial charge in [-0.05, 0) is 12.5 Å². The molecule has 1 atom stereocenters. The van der Waals surface area contributed by atoms with Gasteiger partial charge in [-0.1, -0.05) is 29.8 Å². The average molecular weight is 370 g/mol.